The molecular formula is C18H21NO5S. The van der Waals surface area contributed by atoms with E-state index in [2.05, 4.69) is 0 Å². The molecule has 0 bridgehead atoms. The highest BCUT2D eigenvalue weighted by atomic mass is 32.2. The lowest BCUT2D eigenvalue weighted by Gasteiger charge is -2.13. The van der Waals surface area contributed by atoms with E-state index in [4.69, 9.17) is 9.47 Å². The summed E-state index contributed by atoms with van der Waals surface area (Å²) < 4.78 is 10.5. The Hall–Kier alpha value is -2.28. The third-order valence-corrected chi connectivity index (χ3v) is 4.09. The number of carbonyl (C=O) groups excluding carboxylic acids is 3. The Kier molecular flexibility index (Phi) is 6.64. The van der Waals surface area contributed by atoms with Gasteiger partial charge in [-0.3, -0.25) is 19.3 Å². The highest BCUT2D eigenvalue weighted by Crippen LogP contribution is 2.32. The molecule has 2 amide bonds. The van der Waals surface area contributed by atoms with Crippen molar-refractivity contribution in [1.82, 2.24) is 4.90 Å². The van der Waals surface area contributed by atoms with Gasteiger partial charge in [0.05, 0.1) is 17.6 Å². The van der Waals surface area contributed by atoms with Crippen LogP contribution in [0.25, 0.3) is 6.08 Å². The molecule has 0 radical (unpaired) electrons. The first kappa shape index (κ1) is 19.1. The number of carbonyl (C=O) groups is 3. The van der Waals surface area contributed by atoms with E-state index >= 15 is 0 Å². The molecule has 1 aromatic carbocycles. The summed E-state index contributed by atoms with van der Waals surface area (Å²) in [5, 5.41) is -0.472. The zero-order valence-corrected chi connectivity index (χ0v) is 15.3. The van der Waals surface area contributed by atoms with E-state index in [0.717, 1.165) is 34.4 Å². The van der Waals surface area contributed by atoms with Gasteiger partial charge < -0.3 is 9.47 Å². The second-order valence-corrected chi connectivity index (χ2v) is 6.72. The number of ether oxygens (including phenoxy) is 2. The second-order valence-electron chi connectivity index (χ2n) is 5.72. The van der Waals surface area contributed by atoms with Crippen LogP contribution in [0.4, 0.5) is 4.79 Å². The van der Waals surface area contributed by atoms with Gasteiger partial charge in [0, 0.05) is 0 Å². The molecular weight excluding hydrogens is 342 g/mol. The van der Waals surface area contributed by atoms with Crippen molar-refractivity contribution in [3.8, 4) is 5.75 Å². The number of nitrogens with zero attached hydrogens (tertiary/aromatic N) is 1. The molecule has 1 aliphatic rings. The van der Waals surface area contributed by atoms with Crippen molar-refractivity contribution in [3.63, 3.8) is 0 Å². The number of esters is 1. The van der Waals surface area contributed by atoms with Crippen LogP contribution in [0.5, 0.6) is 5.75 Å². The average Bonchev–Trinajstić information content (AvgIpc) is 2.81. The van der Waals surface area contributed by atoms with Gasteiger partial charge in [-0.25, -0.2) is 0 Å². The van der Waals surface area contributed by atoms with Crippen LogP contribution in [0.15, 0.2) is 29.2 Å². The lowest BCUT2D eigenvalue weighted by atomic mass is 10.2. The summed E-state index contributed by atoms with van der Waals surface area (Å²) in [6.45, 7) is 5.72. The summed E-state index contributed by atoms with van der Waals surface area (Å²) in [6.07, 6.45) is 2.26. The molecule has 0 aliphatic carbocycles. The minimum Gasteiger partial charge on any atom is -0.494 e. The molecule has 6 nitrogen and oxygen atoms in total. The molecule has 0 spiro atoms. The Morgan fingerprint density at radius 2 is 1.92 bits per heavy atom. The Labute approximate surface area is 151 Å². The zero-order valence-electron chi connectivity index (χ0n) is 14.5. The van der Waals surface area contributed by atoms with E-state index in [-0.39, 0.29) is 17.6 Å². The Bertz CT molecular complexity index is 681. The summed E-state index contributed by atoms with van der Waals surface area (Å²) in [5.74, 6) is -0.332. The number of hydrogen-bond acceptors (Lipinski definition) is 6. The van der Waals surface area contributed by atoms with Crippen molar-refractivity contribution in [2.75, 3.05) is 13.2 Å². The summed E-state index contributed by atoms with van der Waals surface area (Å²) >= 11 is 0.815. The van der Waals surface area contributed by atoms with E-state index in [1.807, 2.05) is 31.2 Å². The maximum absolute atomic E-state index is 12.3. The van der Waals surface area contributed by atoms with Crippen molar-refractivity contribution < 1.29 is 23.9 Å². The first-order chi connectivity index (χ1) is 11.9. The molecule has 1 aliphatic heterocycles. The van der Waals surface area contributed by atoms with Crippen LogP contribution in [0.3, 0.4) is 0 Å². The molecule has 0 N–H and O–H groups in total. The lowest BCUT2D eigenvalue weighted by molar-refractivity contribution is -0.149. The maximum atomic E-state index is 12.3. The van der Waals surface area contributed by atoms with E-state index in [1.54, 1.807) is 19.9 Å². The summed E-state index contributed by atoms with van der Waals surface area (Å²) in [5.41, 5.74) is 0.777. The molecule has 0 unspecified atom stereocenters. The predicted molar refractivity (Wildman–Crippen MR) is 96.1 cm³/mol. The molecule has 2 rings (SSSR count). The van der Waals surface area contributed by atoms with E-state index in [1.165, 1.54) is 0 Å². The third-order valence-electron chi connectivity index (χ3n) is 3.18. The highest BCUT2D eigenvalue weighted by molar-refractivity contribution is 8.18. The number of rotatable bonds is 7. The van der Waals surface area contributed by atoms with Gasteiger partial charge >= 0.3 is 5.97 Å². The monoisotopic (exact) mass is 363 g/mol. The summed E-state index contributed by atoms with van der Waals surface area (Å²) in [4.78, 5) is 37.2. The number of thioether (sulfide) groups is 1. The quantitative estimate of drug-likeness (QED) is 0.546. The fraction of sp³-hybridized carbons (Fsp3) is 0.389. The Balaban J connectivity index is 2.05. The van der Waals surface area contributed by atoms with Crippen LogP contribution in [0.2, 0.25) is 0 Å². The van der Waals surface area contributed by atoms with E-state index in [0.29, 0.717) is 6.61 Å². The fourth-order valence-corrected chi connectivity index (χ4v) is 2.94. The van der Waals surface area contributed by atoms with Gasteiger partial charge in [-0.05, 0) is 55.8 Å². The highest BCUT2D eigenvalue weighted by Gasteiger charge is 2.36. The average molecular weight is 363 g/mol. The van der Waals surface area contributed by atoms with E-state index < -0.39 is 17.1 Å². The molecule has 7 heteroatoms. The fourth-order valence-electron chi connectivity index (χ4n) is 2.10. The SMILES string of the molecule is CCCOc1ccc(/C=C2\SC(=O)N(CC(=O)OC(C)C)C2=O)cc1. The van der Waals surface area contributed by atoms with Crippen molar-refractivity contribution in [3.05, 3.63) is 34.7 Å². The van der Waals surface area contributed by atoms with Crippen molar-refractivity contribution >= 4 is 35.0 Å². The topological polar surface area (TPSA) is 72.9 Å². The lowest BCUT2D eigenvalue weighted by Crippen LogP contribution is -2.35. The Morgan fingerprint density at radius 1 is 1.24 bits per heavy atom. The van der Waals surface area contributed by atoms with Crippen molar-refractivity contribution in [2.45, 2.75) is 33.3 Å². The first-order valence-electron chi connectivity index (χ1n) is 8.08. The summed E-state index contributed by atoms with van der Waals surface area (Å²) in [7, 11) is 0. The number of benzene rings is 1. The van der Waals surface area contributed by atoms with Gasteiger partial charge in [-0.1, -0.05) is 19.1 Å². The van der Waals surface area contributed by atoms with Gasteiger partial charge in [0.1, 0.15) is 12.3 Å². The first-order valence-corrected chi connectivity index (χ1v) is 8.90. The molecule has 25 heavy (non-hydrogen) atoms. The molecule has 134 valence electrons. The third kappa shape index (κ3) is 5.35. The van der Waals surface area contributed by atoms with Gasteiger partial charge in [-0.2, -0.15) is 0 Å². The standard InChI is InChI=1S/C18H21NO5S/c1-4-9-23-14-7-5-13(6-8-14)10-15-17(21)19(18(22)25-15)11-16(20)24-12(2)3/h5-8,10,12H,4,9,11H2,1-3H3/b15-10-. The van der Waals surface area contributed by atoms with Crippen LogP contribution in [-0.2, 0) is 14.3 Å². The van der Waals surface area contributed by atoms with Gasteiger partial charge in [0.25, 0.3) is 11.1 Å². The molecule has 0 aromatic heterocycles. The number of hydrogen-bond donors (Lipinski definition) is 0. The molecule has 0 saturated carbocycles. The smallest absolute Gasteiger partial charge is 0.326 e. The van der Waals surface area contributed by atoms with Gasteiger partial charge in [0.2, 0.25) is 0 Å². The van der Waals surface area contributed by atoms with Crippen LogP contribution < -0.4 is 4.74 Å². The number of imide groups is 1. The molecule has 0 atom stereocenters. The molecule has 1 heterocycles. The minimum absolute atomic E-state index is 0.282. The van der Waals surface area contributed by atoms with Gasteiger partial charge in [-0.15, -0.1) is 0 Å². The predicted octanol–water partition coefficient (Wildman–Crippen LogP) is 3.46. The van der Waals surface area contributed by atoms with Crippen LogP contribution in [0, 0.1) is 0 Å². The Morgan fingerprint density at radius 3 is 2.52 bits per heavy atom. The van der Waals surface area contributed by atoms with Crippen LogP contribution in [-0.4, -0.2) is 41.3 Å². The molecule has 1 saturated heterocycles. The second kappa shape index (κ2) is 8.71. The summed E-state index contributed by atoms with van der Waals surface area (Å²) in [6, 6.07) is 7.25. The normalized spacial score (nSPS) is 16.0. The van der Waals surface area contributed by atoms with Crippen molar-refractivity contribution in [2.24, 2.45) is 0 Å². The molecule has 1 aromatic rings. The maximum Gasteiger partial charge on any atom is 0.326 e. The molecule has 1 fully saturated rings. The number of amides is 2. The largest absolute Gasteiger partial charge is 0.494 e. The van der Waals surface area contributed by atoms with Gasteiger partial charge in [0.15, 0.2) is 0 Å². The van der Waals surface area contributed by atoms with Crippen LogP contribution in [0.1, 0.15) is 32.8 Å². The van der Waals surface area contributed by atoms with Crippen molar-refractivity contribution in [1.29, 1.82) is 0 Å². The zero-order chi connectivity index (χ0) is 18.4. The minimum atomic E-state index is -0.601. The van der Waals surface area contributed by atoms with E-state index in [9.17, 15) is 14.4 Å². The van der Waals surface area contributed by atoms with Crippen LogP contribution >= 0.6 is 11.8 Å².